The molecule has 0 unspecified atom stereocenters. The normalized spacial score (nSPS) is 12.1. The predicted molar refractivity (Wildman–Crippen MR) is 158 cm³/mol. The molecule has 0 heterocycles. The van der Waals surface area contributed by atoms with E-state index in [9.17, 15) is 18.0 Å². The smallest absolute Gasteiger partial charge is 0.264 e. The van der Waals surface area contributed by atoms with Gasteiger partial charge in [-0.2, -0.15) is 0 Å². The molecule has 0 fully saturated rings. The molecule has 1 N–H and O–H groups in total. The third kappa shape index (κ3) is 7.63. The highest BCUT2D eigenvalue weighted by Gasteiger charge is 2.33. The third-order valence-electron chi connectivity index (χ3n) is 6.47. The van der Waals surface area contributed by atoms with Crippen LogP contribution in [0.15, 0.2) is 71.6 Å². The molecular formula is C31H39N3O5S. The first kappa shape index (κ1) is 30.7. The number of hydrogen-bond donors (Lipinski definition) is 1. The van der Waals surface area contributed by atoms with Crippen molar-refractivity contribution in [3.05, 3.63) is 89.0 Å². The van der Waals surface area contributed by atoms with Gasteiger partial charge in [0, 0.05) is 12.6 Å². The molecule has 3 aromatic rings. The summed E-state index contributed by atoms with van der Waals surface area (Å²) in [5.41, 5.74) is 3.78. The highest BCUT2D eigenvalue weighted by Crippen LogP contribution is 2.27. The van der Waals surface area contributed by atoms with Crippen molar-refractivity contribution in [2.24, 2.45) is 0 Å². The number of carbonyl (C=O) groups excluding carboxylic acids is 2. The van der Waals surface area contributed by atoms with Crippen LogP contribution in [0.5, 0.6) is 5.75 Å². The van der Waals surface area contributed by atoms with E-state index in [4.69, 9.17) is 4.74 Å². The first-order chi connectivity index (χ1) is 18.8. The van der Waals surface area contributed by atoms with Crippen LogP contribution in [0.3, 0.4) is 0 Å². The first-order valence-electron chi connectivity index (χ1n) is 13.2. The van der Waals surface area contributed by atoms with Crippen molar-refractivity contribution in [1.82, 2.24) is 10.2 Å². The van der Waals surface area contributed by atoms with E-state index >= 15 is 0 Å². The second-order valence-electron chi connectivity index (χ2n) is 10.4. The Bertz CT molecular complexity index is 1430. The minimum Gasteiger partial charge on any atom is -0.497 e. The van der Waals surface area contributed by atoms with Gasteiger partial charge in [-0.3, -0.25) is 13.9 Å². The van der Waals surface area contributed by atoms with Crippen molar-refractivity contribution < 1.29 is 22.7 Å². The second kappa shape index (κ2) is 13.0. The predicted octanol–water partition coefficient (Wildman–Crippen LogP) is 4.76. The van der Waals surface area contributed by atoms with Crippen molar-refractivity contribution in [2.45, 2.75) is 65.1 Å². The number of ether oxygens (including phenoxy) is 1. The van der Waals surface area contributed by atoms with E-state index in [0.717, 1.165) is 26.6 Å². The summed E-state index contributed by atoms with van der Waals surface area (Å²) >= 11 is 0. The molecule has 9 heteroatoms. The molecule has 3 rings (SSSR count). The van der Waals surface area contributed by atoms with Crippen LogP contribution in [-0.2, 0) is 26.2 Å². The van der Waals surface area contributed by atoms with Gasteiger partial charge < -0.3 is 15.0 Å². The molecule has 40 heavy (non-hydrogen) atoms. The van der Waals surface area contributed by atoms with E-state index in [1.54, 1.807) is 56.5 Å². The molecule has 0 aromatic heterocycles. The zero-order chi connectivity index (χ0) is 29.6. The number of sulfonamides is 1. The van der Waals surface area contributed by atoms with Crippen LogP contribution in [0.2, 0.25) is 0 Å². The molecule has 0 radical (unpaired) electrons. The van der Waals surface area contributed by atoms with Gasteiger partial charge in [0.05, 0.1) is 17.7 Å². The molecule has 0 aliphatic heterocycles. The Morgan fingerprint density at radius 1 is 0.875 bits per heavy atom. The van der Waals surface area contributed by atoms with Gasteiger partial charge in [0.2, 0.25) is 11.8 Å². The average Bonchev–Trinajstić information content (AvgIpc) is 2.89. The highest BCUT2D eigenvalue weighted by atomic mass is 32.2. The average molecular weight is 566 g/mol. The van der Waals surface area contributed by atoms with E-state index < -0.39 is 28.5 Å². The topological polar surface area (TPSA) is 96.0 Å². The molecule has 0 aliphatic carbocycles. The van der Waals surface area contributed by atoms with E-state index in [1.807, 2.05) is 46.8 Å². The van der Waals surface area contributed by atoms with Gasteiger partial charge in [-0.05, 0) is 94.6 Å². The van der Waals surface area contributed by atoms with E-state index in [2.05, 4.69) is 5.32 Å². The van der Waals surface area contributed by atoms with Gasteiger partial charge in [0.15, 0.2) is 0 Å². The molecule has 0 saturated carbocycles. The number of nitrogens with zero attached hydrogens (tertiary/aromatic N) is 2. The number of nitrogens with one attached hydrogen (secondary N) is 1. The lowest BCUT2D eigenvalue weighted by Gasteiger charge is -2.32. The van der Waals surface area contributed by atoms with Crippen molar-refractivity contribution in [3.63, 3.8) is 0 Å². The molecule has 1 atom stereocenters. The Labute approximate surface area is 238 Å². The van der Waals surface area contributed by atoms with Gasteiger partial charge in [-0.15, -0.1) is 0 Å². The van der Waals surface area contributed by atoms with E-state index in [0.29, 0.717) is 11.4 Å². The third-order valence-corrected chi connectivity index (χ3v) is 8.26. The number of hydrogen-bond acceptors (Lipinski definition) is 5. The Morgan fingerprint density at radius 3 is 2.08 bits per heavy atom. The molecule has 2 amide bonds. The maximum Gasteiger partial charge on any atom is 0.264 e. The van der Waals surface area contributed by atoms with Gasteiger partial charge >= 0.3 is 0 Å². The van der Waals surface area contributed by atoms with Crippen LogP contribution in [0.4, 0.5) is 5.69 Å². The Balaban J connectivity index is 2.07. The Morgan fingerprint density at radius 2 is 1.50 bits per heavy atom. The number of aryl methyl sites for hydroxylation is 3. The molecule has 0 bridgehead atoms. The second-order valence-corrected chi connectivity index (χ2v) is 12.2. The minimum absolute atomic E-state index is 0.0787. The summed E-state index contributed by atoms with van der Waals surface area (Å²) in [6.45, 7) is 10.6. The first-order valence-corrected chi connectivity index (χ1v) is 14.7. The van der Waals surface area contributed by atoms with Crippen LogP contribution < -0.4 is 14.4 Å². The number of amides is 2. The lowest BCUT2D eigenvalue weighted by molar-refractivity contribution is -0.139. The maximum atomic E-state index is 14.0. The number of benzene rings is 3. The largest absolute Gasteiger partial charge is 0.497 e. The minimum atomic E-state index is -4.12. The van der Waals surface area contributed by atoms with Gasteiger partial charge in [-0.25, -0.2) is 8.42 Å². The van der Waals surface area contributed by atoms with Crippen molar-refractivity contribution in [1.29, 1.82) is 0 Å². The SMILES string of the molecule is COc1cccc(CN(C(=O)CN(c2cc(C)cc(C)c2)S(=O)(=O)c2ccc(C)cc2)[C@@H](C)C(=O)NC(C)C)c1. The number of carbonyl (C=O) groups is 2. The summed E-state index contributed by atoms with van der Waals surface area (Å²) in [5, 5.41) is 2.86. The van der Waals surface area contributed by atoms with Crippen molar-refractivity contribution in [2.75, 3.05) is 18.0 Å². The Hall–Kier alpha value is -3.85. The summed E-state index contributed by atoms with van der Waals surface area (Å²) in [4.78, 5) is 28.6. The summed E-state index contributed by atoms with van der Waals surface area (Å²) in [6.07, 6.45) is 0. The summed E-state index contributed by atoms with van der Waals surface area (Å²) in [6, 6.07) is 18.2. The fourth-order valence-electron chi connectivity index (χ4n) is 4.42. The highest BCUT2D eigenvalue weighted by molar-refractivity contribution is 7.92. The zero-order valence-corrected chi connectivity index (χ0v) is 25.1. The zero-order valence-electron chi connectivity index (χ0n) is 24.3. The molecule has 0 aliphatic rings. The van der Waals surface area contributed by atoms with Crippen LogP contribution in [0, 0.1) is 20.8 Å². The number of rotatable bonds is 11. The molecule has 8 nitrogen and oxygen atoms in total. The van der Waals surface area contributed by atoms with Crippen LogP contribution in [0.1, 0.15) is 43.0 Å². The molecule has 0 spiro atoms. The van der Waals surface area contributed by atoms with Crippen LogP contribution >= 0.6 is 0 Å². The van der Waals surface area contributed by atoms with Crippen LogP contribution in [-0.4, -0.2) is 50.9 Å². The fourth-order valence-corrected chi connectivity index (χ4v) is 5.81. The standard InChI is InChI=1S/C31H39N3O5S/c1-21(2)32-31(36)25(6)33(19-26-9-8-10-28(18-26)39-7)30(35)20-34(27-16-23(4)15-24(5)17-27)40(37,38)29-13-11-22(3)12-14-29/h8-18,21,25H,19-20H2,1-7H3,(H,32,36)/t25-/m0/s1. The summed E-state index contributed by atoms with van der Waals surface area (Å²) in [5.74, 6) is -0.224. The molecule has 3 aromatic carbocycles. The van der Waals surface area contributed by atoms with Gasteiger partial charge in [0.25, 0.3) is 10.0 Å². The summed E-state index contributed by atoms with van der Waals surface area (Å²) in [7, 11) is -2.56. The van der Waals surface area contributed by atoms with Gasteiger partial charge in [-0.1, -0.05) is 35.9 Å². The van der Waals surface area contributed by atoms with Crippen LogP contribution in [0.25, 0.3) is 0 Å². The monoisotopic (exact) mass is 565 g/mol. The molecule has 0 saturated heterocycles. The van der Waals surface area contributed by atoms with Gasteiger partial charge in [0.1, 0.15) is 18.3 Å². The quantitative estimate of drug-likeness (QED) is 0.362. The van der Waals surface area contributed by atoms with E-state index in [1.165, 1.54) is 17.0 Å². The summed E-state index contributed by atoms with van der Waals surface area (Å²) < 4.78 is 34.4. The fraction of sp³-hybridized carbons (Fsp3) is 0.355. The number of anilines is 1. The molecule has 214 valence electrons. The van der Waals surface area contributed by atoms with E-state index in [-0.39, 0.29) is 23.4 Å². The maximum absolute atomic E-state index is 14.0. The lowest BCUT2D eigenvalue weighted by atomic mass is 10.1. The van der Waals surface area contributed by atoms with Crippen molar-refractivity contribution >= 4 is 27.5 Å². The number of methoxy groups -OCH3 is 1. The van der Waals surface area contributed by atoms with Crippen molar-refractivity contribution in [3.8, 4) is 5.75 Å². The lowest BCUT2D eigenvalue weighted by Crippen LogP contribution is -2.52. The Kier molecular flexibility index (Phi) is 9.98. The molecular weight excluding hydrogens is 526 g/mol.